The SMILES string of the molecule is O=C(CCOc1ccccc1)Nc1ccc2c(c1)N(C(=O)c1ccco1)CC2. The van der Waals surface area contributed by atoms with E-state index in [2.05, 4.69) is 5.32 Å². The van der Waals surface area contributed by atoms with Crippen LogP contribution in [-0.2, 0) is 11.2 Å². The number of benzene rings is 2. The second-order valence-corrected chi connectivity index (χ2v) is 6.49. The number of para-hydroxylation sites is 1. The zero-order chi connectivity index (χ0) is 19.3. The van der Waals surface area contributed by atoms with Crippen LogP contribution in [-0.4, -0.2) is 25.0 Å². The first-order valence-corrected chi connectivity index (χ1v) is 9.17. The van der Waals surface area contributed by atoms with E-state index in [-0.39, 0.29) is 18.2 Å². The first-order chi connectivity index (χ1) is 13.7. The Bertz CT molecular complexity index is 967. The number of fused-ring (bicyclic) bond motifs is 1. The summed E-state index contributed by atoms with van der Waals surface area (Å²) in [5, 5.41) is 2.87. The van der Waals surface area contributed by atoms with Crippen molar-refractivity contribution < 1.29 is 18.7 Å². The first kappa shape index (κ1) is 17.9. The quantitative estimate of drug-likeness (QED) is 0.708. The number of hydrogen-bond acceptors (Lipinski definition) is 4. The van der Waals surface area contributed by atoms with Gasteiger partial charge in [0.25, 0.3) is 5.91 Å². The summed E-state index contributed by atoms with van der Waals surface area (Å²) < 4.78 is 10.8. The van der Waals surface area contributed by atoms with Gasteiger partial charge in [0.15, 0.2) is 5.76 Å². The molecular formula is C22H20N2O4. The molecular weight excluding hydrogens is 356 g/mol. The molecule has 6 nitrogen and oxygen atoms in total. The molecule has 0 saturated carbocycles. The van der Waals surface area contributed by atoms with E-state index < -0.39 is 0 Å². The van der Waals surface area contributed by atoms with Crippen molar-refractivity contribution in [1.29, 1.82) is 0 Å². The van der Waals surface area contributed by atoms with Crippen LogP contribution in [0.1, 0.15) is 22.5 Å². The lowest BCUT2D eigenvalue weighted by molar-refractivity contribution is -0.116. The molecule has 2 heterocycles. The molecule has 3 aromatic rings. The van der Waals surface area contributed by atoms with Crippen molar-refractivity contribution >= 4 is 23.2 Å². The van der Waals surface area contributed by atoms with Crippen LogP contribution in [0.4, 0.5) is 11.4 Å². The smallest absolute Gasteiger partial charge is 0.293 e. The predicted molar refractivity (Wildman–Crippen MR) is 106 cm³/mol. The van der Waals surface area contributed by atoms with E-state index in [1.807, 2.05) is 48.5 Å². The van der Waals surface area contributed by atoms with E-state index in [9.17, 15) is 9.59 Å². The van der Waals surface area contributed by atoms with Crippen molar-refractivity contribution in [2.75, 3.05) is 23.4 Å². The number of furan rings is 1. The minimum absolute atomic E-state index is 0.141. The monoisotopic (exact) mass is 376 g/mol. The Morgan fingerprint density at radius 2 is 1.93 bits per heavy atom. The maximum atomic E-state index is 12.6. The zero-order valence-corrected chi connectivity index (χ0v) is 15.3. The van der Waals surface area contributed by atoms with Crippen LogP contribution in [0.15, 0.2) is 71.3 Å². The number of rotatable bonds is 6. The van der Waals surface area contributed by atoms with Crippen molar-refractivity contribution in [3.05, 3.63) is 78.3 Å². The van der Waals surface area contributed by atoms with Gasteiger partial charge >= 0.3 is 0 Å². The van der Waals surface area contributed by atoms with Gasteiger partial charge in [0.2, 0.25) is 5.91 Å². The van der Waals surface area contributed by atoms with Crippen LogP contribution in [0.3, 0.4) is 0 Å². The molecule has 2 amide bonds. The Morgan fingerprint density at radius 3 is 2.71 bits per heavy atom. The molecule has 0 unspecified atom stereocenters. The maximum Gasteiger partial charge on any atom is 0.293 e. The average molecular weight is 376 g/mol. The summed E-state index contributed by atoms with van der Waals surface area (Å²) in [5.41, 5.74) is 2.53. The maximum absolute atomic E-state index is 12.6. The topological polar surface area (TPSA) is 71.8 Å². The van der Waals surface area contributed by atoms with Gasteiger partial charge in [-0.15, -0.1) is 0 Å². The number of nitrogens with zero attached hydrogens (tertiary/aromatic N) is 1. The molecule has 1 aromatic heterocycles. The molecule has 0 saturated heterocycles. The van der Waals surface area contributed by atoms with E-state index >= 15 is 0 Å². The van der Waals surface area contributed by atoms with Crippen LogP contribution >= 0.6 is 0 Å². The summed E-state index contributed by atoms with van der Waals surface area (Å²) in [4.78, 5) is 26.5. The lowest BCUT2D eigenvalue weighted by Gasteiger charge is -2.17. The zero-order valence-electron chi connectivity index (χ0n) is 15.3. The molecule has 0 spiro atoms. The molecule has 0 aliphatic carbocycles. The fourth-order valence-corrected chi connectivity index (χ4v) is 3.20. The molecule has 142 valence electrons. The second-order valence-electron chi connectivity index (χ2n) is 6.49. The fraction of sp³-hybridized carbons (Fsp3) is 0.182. The number of anilines is 2. The van der Waals surface area contributed by atoms with Gasteiger partial charge in [-0.05, 0) is 48.4 Å². The number of nitrogens with one attached hydrogen (secondary N) is 1. The fourth-order valence-electron chi connectivity index (χ4n) is 3.20. The summed E-state index contributed by atoms with van der Waals surface area (Å²) in [6.07, 6.45) is 2.50. The summed E-state index contributed by atoms with van der Waals surface area (Å²) in [6.45, 7) is 0.890. The van der Waals surface area contributed by atoms with Crippen LogP contribution < -0.4 is 15.0 Å². The molecule has 1 N–H and O–H groups in total. The minimum Gasteiger partial charge on any atom is -0.493 e. The molecule has 0 radical (unpaired) electrons. The van der Waals surface area contributed by atoms with Gasteiger partial charge < -0.3 is 19.4 Å². The van der Waals surface area contributed by atoms with Crippen LogP contribution in [0.5, 0.6) is 5.75 Å². The number of amides is 2. The molecule has 1 aliphatic rings. The second kappa shape index (κ2) is 8.00. The highest BCUT2D eigenvalue weighted by Crippen LogP contribution is 2.32. The summed E-state index contributed by atoms with van der Waals surface area (Å²) in [6, 6.07) is 18.4. The Balaban J connectivity index is 1.38. The van der Waals surface area contributed by atoms with Crippen LogP contribution in [0.25, 0.3) is 0 Å². The third kappa shape index (κ3) is 3.91. The molecule has 0 bridgehead atoms. The molecule has 6 heteroatoms. The van der Waals surface area contributed by atoms with Gasteiger partial charge in [0.05, 0.1) is 19.3 Å². The molecule has 0 fully saturated rings. The molecule has 28 heavy (non-hydrogen) atoms. The molecule has 1 aliphatic heterocycles. The summed E-state index contributed by atoms with van der Waals surface area (Å²) in [7, 11) is 0. The van der Waals surface area contributed by atoms with Crippen molar-refractivity contribution in [1.82, 2.24) is 0 Å². The lowest BCUT2D eigenvalue weighted by Crippen LogP contribution is -2.28. The van der Waals surface area contributed by atoms with E-state index in [4.69, 9.17) is 9.15 Å². The van der Waals surface area contributed by atoms with Crippen molar-refractivity contribution in [3.8, 4) is 5.75 Å². The van der Waals surface area contributed by atoms with Crippen molar-refractivity contribution in [2.45, 2.75) is 12.8 Å². The Hall–Kier alpha value is -3.54. The van der Waals surface area contributed by atoms with Crippen molar-refractivity contribution in [2.24, 2.45) is 0 Å². The van der Waals surface area contributed by atoms with Crippen LogP contribution in [0.2, 0.25) is 0 Å². The first-order valence-electron chi connectivity index (χ1n) is 9.17. The third-order valence-electron chi connectivity index (χ3n) is 4.58. The number of ether oxygens (including phenoxy) is 1. The van der Waals surface area contributed by atoms with Gasteiger partial charge in [0.1, 0.15) is 5.75 Å². The van der Waals surface area contributed by atoms with Gasteiger partial charge in [-0.25, -0.2) is 0 Å². The minimum atomic E-state index is -0.177. The van der Waals surface area contributed by atoms with Gasteiger partial charge in [-0.2, -0.15) is 0 Å². The van der Waals surface area contributed by atoms with E-state index in [1.165, 1.54) is 6.26 Å². The predicted octanol–water partition coefficient (Wildman–Crippen LogP) is 3.89. The van der Waals surface area contributed by atoms with E-state index in [0.29, 0.717) is 24.6 Å². The number of carbonyl (C=O) groups excluding carboxylic acids is 2. The van der Waals surface area contributed by atoms with E-state index in [0.717, 1.165) is 23.4 Å². The molecule has 4 rings (SSSR count). The largest absolute Gasteiger partial charge is 0.493 e. The Morgan fingerprint density at radius 1 is 1.07 bits per heavy atom. The number of hydrogen-bond donors (Lipinski definition) is 1. The Labute approximate surface area is 162 Å². The highest BCUT2D eigenvalue weighted by molar-refractivity contribution is 6.06. The lowest BCUT2D eigenvalue weighted by atomic mass is 10.1. The molecule has 2 aromatic carbocycles. The number of carbonyl (C=O) groups is 2. The highest BCUT2D eigenvalue weighted by atomic mass is 16.5. The summed E-state index contributed by atoms with van der Waals surface area (Å²) >= 11 is 0. The highest BCUT2D eigenvalue weighted by Gasteiger charge is 2.27. The Kier molecular flexibility index (Phi) is 5.10. The normalized spacial score (nSPS) is 12.5. The summed E-state index contributed by atoms with van der Waals surface area (Å²) in [5.74, 6) is 0.724. The van der Waals surface area contributed by atoms with Gasteiger partial charge in [-0.3, -0.25) is 9.59 Å². The van der Waals surface area contributed by atoms with Crippen LogP contribution in [0, 0.1) is 0 Å². The van der Waals surface area contributed by atoms with Gasteiger partial charge in [-0.1, -0.05) is 24.3 Å². The van der Waals surface area contributed by atoms with Gasteiger partial charge in [0, 0.05) is 17.9 Å². The van der Waals surface area contributed by atoms with E-state index in [1.54, 1.807) is 17.0 Å². The average Bonchev–Trinajstić information content (AvgIpc) is 3.38. The molecule has 0 atom stereocenters. The van der Waals surface area contributed by atoms with Crippen molar-refractivity contribution in [3.63, 3.8) is 0 Å². The third-order valence-corrected chi connectivity index (χ3v) is 4.58. The standard InChI is InChI=1S/C22H20N2O4/c25-21(11-14-27-18-5-2-1-3-6-18)23-17-9-8-16-10-12-24(19(16)15-17)22(26)20-7-4-13-28-20/h1-9,13,15H,10-12,14H2,(H,23,25).